The van der Waals surface area contributed by atoms with E-state index in [2.05, 4.69) is 35.8 Å². The van der Waals surface area contributed by atoms with E-state index in [1.54, 1.807) is 20.1 Å². The van der Waals surface area contributed by atoms with Gasteiger partial charge in [-0.2, -0.15) is 4.98 Å². The van der Waals surface area contributed by atoms with E-state index in [-0.39, 0.29) is 18.3 Å². The molecule has 14 heteroatoms. The number of benzene rings is 1. The zero-order chi connectivity index (χ0) is 32.3. The summed E-state index contributed by atoms with van der Waals surface area (Å²) in [5, 5.41) is 9.40. The molecular formula is C31H38N6O6S2. The van der Waals surface area contributed by atoms with Gasteiger partial charge in [0.25, 0.3) is 5.91 Å². The van der Waals surface area contributed by atoms with Crippen LogP contribution in [-0.4, -0.2) is 71.3 Å². The Morgan fingerprint density at radius 1 is 1.22 bits per heavy atom. The van der Waals surface area contributed by atoms with E-state index in [9.17, 15) is 18.0 Å². The van der Waals surface area contributed by atoms with Gasteiger partial charge in [0.05, 0.1) is 34.5 Å². The van der Waals surface area contributed by atoms with Crippen molar-refractivity contribution in [2.75, 3.05) is 13.7 Å². The van der Waals surface area contributed by atoms with Gasteiger partial charge in [-0.05, 0) is 51.2 Å². The fraction of sp³-hybridized carbons (Fsp3) is 0.516. The summed E-state index contributed by atoms with van der Waals surface area (Å²) in [5.41, 5.74) is 1.13. The number of nitrogens with zero attached hydrogens (tertiary/aromatic N) is 3. The number of rotatable bonds is 11. The van der Waals surface area contributed by atoms with Crippen LogP contribution in [0.15, 0.2) is 30.2 Å². The predicted octanol–water partition coefficient (Wildman–Crippen LogP) is 3.36. The lowest BCUT2D eigenvalue weighted by Gasteiger charge is -2.22. The zero-order valence-electron chi connectivity index (χ0n) is 26.0. The predicted molar refractivity (Wildman–Crippen MR) is 171 cm³/mol. The molecule has 0 radical (unpaired) electrons. The number of hydrogen-bond acceptors (Lipinski definition) is 11. The number of ether oxygens (including phenoxy) is 2. The fourth-order valence-electron chi connectivity index (χ4n) is 5.62. The Morgan fingerprint density at radius 2 is 1.98 bits per heavy atom. The first-order valence-corrected chi connectivity index (χ1v) is 17.4. The van der Waals surface area contributed by atoms with Crippen LogP contribution >= 0.6 is 11.3 Å². The van der Waals surface area contributed by atoms with Gasteiger partial charge in [-0.3, -0.25) is 14.3 Å². The van der Waals surface area contributed by atoms with Crippen LogP contribution in [0.2, 0.25) is 0 Å². The lowest BCUT2D eigenvalue weighted by molar-refractivity contribution is -0.130. The molecule has 0 bridgehead atoms. The van der Waals surface area contributed by atoms with Crippen molar-refractivity contribution in [2.45, 2.75) is 81.7 Å². The number of nitrogens with one attached hydrogen (secondary N) is 3. The maximum absolute atomic E-state index is 13.4. The summed E-state index contributed by atoms with van der Waals surface area (Å²) in [6.07, 6.45) is 2.73. The molecule has 6 rings (SSSR count). The molecular weight excluding hydrogens is 617 g/mol. The Hall–Kier alpha value is -3.62. The van der Waals surface area contributed by atoms with Crippen molar-refractivity contribution in [1.82, 2.24) is 30.3 Å². The summed E-state index contributed by atoms with van der Waals surface area (Å²) in [4.78, 5) is 41.0. The monoisotopic (exact) mass is 654 g/mol. The summed E-state index contributed by atoms with van der Waals surface area (Å²) in [6.45, 7) is 11.8. The highest BCUT2D eigenvalue weighted by Crippen LogP contribution is 2.47. The summed E-state index contributed by atoms with van der Waals surface area (Å²) >= 11 is 1.47. The Labute approximate surface area is 266 Å². The highest BCUT2D eigenvalue weighted by atomic mass is 32.2. The average molecular weight is 655 g/mol. The van der Waals surface area contributed by atoms with E-state index in [0.717, 1.165) is 11.3 Å². The number of methoxy groups -OCH3 is 1. The molecule has 4 atom stereocenters. The third-order valence-corrected chi connectivity index (χ3v) is 12.1. The molecule has 1 aliphatic heterocycles. The van der Waals surface area contributed by atoms with E-state index < -0.39 is 44.3 Å². The van der Waals surface area contributed by atoms with Crippen molar-refractivity contribution in [3.8, 4) is 22.5 Å². The molecule has 2 saturated carbocycles. The van der Waals surface area contributed by atoms with Crippen LogP contribution in [0.5, 0.6) is 11.6 Å². The van der Waals surface area contributed by atoms with E-state index in [4.69, 9.17) is 24.4 Å². The van der Waals surface area contributed by atoms with Crippen LogP contribution in [-0.2, 0) is 19.6 Å². The fourth-order valence-corrected chi connectivity index (χ4v) is 7.84. The second kappa shape index (κ2) is 11.3. The molecule has 2 aromatic heterocycles. The van der Waals surface area contributed by atoms with Gasteiger partial charge in [0.2, 0.25) is 21.8 Å². The van der Waals surface area contributed by atoms with Crippen molar-refractivity contribution >= 4 is 44.1 Å². The molecule has 0 spiro atoms. The van der Waals surface area contributed by atoms with Gasteiger partial charge in [0.15, 0.2) is 10.8 Å². The first kappa shape index (κ1) is 31.4. The zero-order valence-corrected chi connectivity index (χ0v) is 27.6. The first-order valence-electron chi connectivity index (χ1n) is 15.0. The summed E-state index contributed by atoms with van der Waals surface area (Å²) in [6, 6.07) is 3.04. The largest absolute Gasteiger partial charge is 0.496 e. The molecule has 1 aromatic carbocycles. The highest BCUT2D eigenvalue weighted by molar-refractivity contribution is 7.91. The minimum atomic E-state index is -3.86. The highest BCUT2D eigenvalue weighted by Gasteiger charge is 2.62. The van der Waals surface area contributed by atoms with E-state index in [1.807, 2.05) is 24.4 Å². The van der Waals surface area contributed by atoms with Crippen molar-refractivity contribution in [3.63, 3.8) is 0 Å². The number of thiazole rings is 1. The van der Waals surface area contributed by atoms with Crippen molar-refractivity contribution in [2.24, 2.45) is 5.92 Å². The molecule has 2 aliphatic carbocycles. The number of sulfonamides is 1. The molecule has 2 amide bonds. The molecule has 0 unspecified atom stereocenters. The van der Waals surface area contributed by atoms with Gasteiger partial charge in [0.1, 0.15) is 17.4 Å². The van der Waals surface area contributed by atoms with Crippen LogP contribution in [0, 0.1) is 12.8 Å². The molecule has 3 aromatic rings. The summed E-state index contributed by atoms with van der Waals surface area (Å²) in [7, 11) is -2.25. The van der Waals surface area contributed by atoms with Gasteiger partial charge in [-0.25, -0.2) is 18.4 Å². The molecule has 1 saturated heterocycles. The SMILES string of the molecule is C=C[C@@H]1C[C@]1(NC(=O)[C@@H]1C[C@@H](Oc2nc(-c3nc(C(C)C)cs3)nc3c(C)c(OC)ccc23)CN1)C(=O)NS(=O)(=O)C1(C)CC1. The lowest BCUT2D eigenvalue weighted by atomic mass is 10.1. The Morgan fingerprint density at radius 3 is 2.60 bits per heavy atom. The van der Waals surface area contributed by atoms with Gasteiger partial charge in [-0.1, -0.05) is 19.9 Å². The summed E-state index contributed by atoms with van der Waals surface area (Å²) in [5.74, 6) is 0.256. The maximum atomic E-state index is 13.4. The topological polar surface area (TPSA) is 162 Å². The van der Waals surface area contributed by atoms with Crippen LogP contribution in [0.4, 0.5) is 0 Å². The number of fused-ring (bicyclic) bond motifs is 1. The molecule has 240 valence electrons. The number of aromatic nitrogens is 3. The molecule has 45 heavy (non-hydrogen) atoms. The number of aryl methyl sites for hydroxylation is 1. The standard InChI is InChI=1S/C31H38N6O6S2/c1-7-18-13-31(18,29(39)37-45(40,41)30(5)10-11-30)36-26(38)21-12-19(14-32-21)43-27-20-8-9-23(42-6)17(4)24(20)34-25(35-27)28-33-22(15-44-28)16(2)3/h7-9,15-16,18-19,21,32H,1,10-14H2,2-6H3,(H,36,38)(H,37,39)/t18-,19-,21+,31-/m1/s1. The minimum Gasteiger partial charge on any atom is -0.496 e. The van der Waals surface area contributed by atoms with Crippen LogP contribution in [0.25, 0.3) is 21.7 Å². The van der Waals surface area contributed by atoms with Crippen LogP contribution in [0.1, 0.15) is 63.6 Å². The van der Waals surface area contributed by atoms with Gasteiger partial charge < -0.3 is 20.1 Å². The third-order valence-electron chi connectivity index (χ3n) is 9.13. The Bertz CT molecular complexity index is 1800. The smallest absolute Gasteiger partial charge is 0.259 e. The van der Waals surface area contributed by atoms with Crippen molar-refractivity contribution in [3.05, 3.63) is 41.4 Å². The minimum absolute atomic E-state index is 0.258. The van der Waals surface area contributed by atoms with E-state index in [1.165, 1.54) is 11.3 Å². The molecule has 3 heterocycles. The third kappa shape index (κ3) is 5.67. The normalized spacial score (nSPS) is 25.2. The molecule has 12 nitrogen and oxygen atoms in total. The first-order chi connectivity index (χ1) is 21.3. The second-order valence-corrected chi connectivity index (χ2v) is 15.8. The van der Waals surface area contributed by atoms with Crippen LogP contribution < -0.4 is 24.8 Å². The Kier molecular flexibility index (Phi) is 7.89. The van der Waals surface area contributed by atoms with E-state index >= 15 is 0 Å². The lowest BCUT2D eigenvalue weighted by Crippen LogP contribution is -2.56. The quantitative estimate of drug-likeness (QED) is 0.262. The summed E-state index contributed by atoms with van der Waals surface area (Å²) < 4.78 is 38.7. The second-order valence-electron chi connectivity index (χ2n) is 12.7. The maximum Gasteiger partial charge on any atom is 0.259 e. The van der Waals surface area contributed by atoms with Crippen molar-refractivity contribution < 1.29 is 27.5 Å². The number of carbonyl (C=O) groups excluding carboxylic acids is 2. The number of carbonyl (C=O) groups is 2. The molecule has 3 N–H and O–H groups in total. The van der Waals surface area contributed by atoms with Gasteiger partial charge in [-0.15, -0.1) is 17.9 Å². The average Bonchev–Trinajstić information content (AvgIpc) is 3.76. The number of hydrogen-bond donors (Lipinski definition) is 3. The van der Waals surface area contributed by atoms with Crippen LogP contribution in [0.3, 0.4) is 0 Å². The van der Waals surface area contributed by atoms with Crippen molar-refractivity contribution in [1.29, 1.82) is 0 Å². The van der Waals surface area contributed by atoms with Gasteiger partial charge >= 0.3 is 0 Å². The van der Waals surface area contributed by atoms with Gasteiger partial charge in [0, 0.05) is 29.8 Å². The number of amides is 2. The Balaban J connectivity index is 1.20. The molecule has 3 fully saturated rings. The molecule has 3 aliphatic rings. The van der Waals surface area contributed by atoms with E-state index in [0.29, 0.717) is 59.2 Å².